The molecule has 29 heavy (non-hydrogen) atoms. The zero-order valence-corrected chi connectivity index (χ0v) is 17.6. The van der Waals surface area contributed by atoms with Gasteiger partial charge in [-0.1, -0.05) is 48.0 Å². The molecule has 2 unspecified atom stereocenters. The highest BCUT2D eigenvalue weighted by Crippen LogP contribution is 2.27. The van der Waals surface area contributed by atoms with Gasteiger partial charge in [0.25, 0.3) is 5.91 Å². The summed E-state index contributed by atoms with van der Waals surface area (Å²) in [7, 11) is 0. The SMILES string of the molecule is Cl.O=C(NC1CCCNC1)C1Cc2ccccc2CN1C(=O)c1ccccc1Cl. The average molecular weight is 434 g/mol. The third-order valence-corrected chi connectivity index (χ3v) is 5.89. The molecule has 1 saturated heterocycles. The summed E-state index contributed by atoms with van der Waals surface area (Å²) in [4.78, 5) is 28.1. The topological polar surface area (TPSA) is 61.4 Å². The van der Waals surface area contributed by atoms with Gasteiger partial charge in [-0.2, -0.15) is 0 Å². The van der Waals surface area contributed by atoms with Crippen molar-refractivity contribution >= 4 is 35.8 Å². The van der Waals surface area contributed by atoms with Crippen molar-refractivity contribution in [3.8, 4) is 0 Å². The Bertz CT molecular complexity index is 884. The molecule has 0 aromatic heterocycles. The lowest BCUT2D eigenvalue weighted by molar-refractivity contribution is -0.127. The lowest BCUT2D eigenvalue weighted by atomic mass is 9.92. The standard InChI is InChI=1S/C22H24ClN3O2.ClH/c23-19-10-4-3-9-18(19)22(28)26-14-16-7-2-1-6-15(16)12-20(26)21(27)25-17-8-5-11-24-13-17;/h1-4,6-7,9-10,17,20,24H,5,8,11-14H2,(H,25,27);1H. The average Bonchev–Trinajstić information content (AvgIpc) is 2.73. The minimum absolute atomic E-state index is 0. The molecule has 2 aliphatic heterocycles. The number of amides is 2. The zero-order valence-electron chi connectivity index (χ0n) is 16.1. The number of hydrogen-bond donors (Lipinski definition) is 2. The van der Waals surface area contributed by atoms with Gasteiger partial charge in [-0.3, -0.25) is 9.59 Å². The number of carbonyl (C=O) groups is 2. The first kappa shape index (κ1) is 21.6. The van der Waals surface area contributed by atoms with E-state index in [1.54, 1.807) is 29.2 Å². The summed E-state index contributed by atoms with van der Waals surface area (Å²) in [6.07, 6.45) is 2.51. The molecule has 0 spiro atoms. The normalized spacial score (nSPS) is 20.9. The second-order valence-electron chi connectivity index (χ2n) is 7.45. The van der Waals surface area contributed by atoms with Crippen molar-refractivity contribution in [1.29, 1.82) is 0 Å². The summed E-state index contributed by atoms with van der Waals surface area (Å²) < 4.78 is 0. The molecule has 0 radical (unpaired) electrons. The molecule has 7 heteroatoms. The molecule has 0 bridgehead atoms. The fraction of sp³-hybridized carbons (Fsp3) is 0.364. The lowest BCUT2D eigenvalue weighted by Crippen LogP contribution is -2.56. The van der Waals surface area contributed by atoms with Gasteiger partial charge in [0.1, 0.15) is 6.04 Å². The summed E-state index contributed by atoms with van der Waals surface area (Å²) in [5.74, 6) is -0.300. The monoisotopic (exact) mass is 433 g/mol. The number of benzene rings is 2. The number of hydrogen-bond acceptors (Lipinski definition) is 3. The van der Waals surface area contributed by atoms with E-state index in [0.717, 1.165) is 37.1 Å². The van der Waals surface area contributed by atoms with Crippen molar-refractivity contribution in [3.63, 3.8) is 0 Å². The highest BCUT2D eigenvalue weighted by Gasteiger charge is 2.36. The van der Waals surface area contributed by atoms with Crippen LogP contribution >= 0.6 is 24.0 Å². The molecule has 1 fully saturated rings. The molecular weight excluding hydrogens is 409 g/mol. The molecule has 2 aliphatic rings. The predicted molar refractivity (Wildman–Crippen MR) is 117 cm³/mol. The Morgan fingerprint density at radius 2 is 1.79 bits per heavy atom. The van der Waals surface area contributed by atoms with E-state index in [1.165, 1.54) is 0 Å². The second kappa shape index (κ2) is 9.61. The molecule has 2 heterocycles. The summed E-state index contributed by atoms with van der Waals surface area (Å²) >= 11 is 6.27. The van der Waals surface area contributed by atoms with E-state index in [1.807, 2.05) is 24.3 Å². The van der Waals surface area contributed by atoms with Crippen LogP contribution in [0, 0.1) is 0 Å². The Balaban J connectivity index is 0.00000240. The van der Waals surface area contributed by atoms with E-state index >= 15 is 0 Å². The van der Waals surface area contributed by atoms with E-state index in [2.05, 4.69) is 10.6 Å². The van der Waals surface area contributed by atoms with E-state index in [-0.39, 0.29) is 30.3 Å². The number of halogens is 2. The van der Waals surface area contributed by atoms with Gasteiger partial charge in [-0.05, 0) is 42.6 Å². The summed E-state index contributed by atoms with van der Waals surface area (Å²) in [6, 6.07) is 14.6. The van der Waals surface area contributed by atoms with Gasteiger partial charge in [-0.15, -0.1) is 12.4 Å². The van der Waals surface area contributed by atoms with Crippen molar-refractivity contribution in [1.82, 2.24) is 15.5 Å². The van der Waals surface area contributed by atoms with Crippen LogP contribution in [0.1, 0.15) is 34.3 Å². The molecule has 2 aromatic carbocycles. The van der Waals surface area contributed by atoms with Gasteiger partial charge >= 0.3 is 0 Å². The Labute approximate surface area is 182 Å². The summed E-state index contributed by atoms with van der Waals surface area (Å²) in [5.41, 5.74) is 2.62. The molecular formula is C22H25Cl2N3O2. The highest BCUT2D eigenvalue weighted by atomic mass is 35.5. The van der Waals surface area contributed by atoms with Gasteiger partial charge in [-0.25, -0.2) is 0 Å². The maximum atomic E-state index is 13.3. The van der Waals surface area contributed by atoms with E-state index in [9.17, 15) is 9.59 Å². The molecule has 5 nitrogen and oxygen atoms in total. The van der Waals surface area contributed by atoms with Gasteiger partial charge in [0, 0.05) is 25.6 Å². The predicted octanol–water partition coefficient (Wildman–Crippen LogP) is 3.20. The van der Waals surface area contributed by atoms with Crippen LogP contribution in [0.5, 0.6) is 0 Å². The highest BCUT2D eigenvalue weighted by molar-refractivity contribution is 6.33. The van der Waals surface area contributed by atoms with Crippen LogP contribution in [0.15, 0.2) is 48.5 Å². The first-order valence-electron chi connectivity index (χ1n) is 9.77. The first-order valence-corrected chi connectivity index (χ1v) is 10.1. The van der Waals surface area contributed by atoms with Gasteiger partial charge < -0.3 is 15.5 Å². The van der Waals surface area contributed by atoms with Crippen LogP contribution < -0.4 is 10.6 Å². The van der Waals surface area contributed by atoms with E-state index < -0.39 is 6.04 Å². The molecule has 4 rings (SSSR count). The van der Waals surface area contributed by atoms with Crippen LogP contribution in [0.2, 0.25) is 5.02 Å². The van der Waals surface area contributed by atoms with Crippen LogP contribution in [0.3, 0.4) is 0 Å². The molecule has 0 saturated carbocycles. The molecule has 2 N–H and O–H groups in total. The fourth-order valence-electron chi connectivity index (χ4n) is 4.03. The largest absolute Gasteiger partial charge is 0.350 e. The van der Waals surface area contributed by atoms with Gasteiger partial charge in [0.15, 0.2) is 0 Å². The maximum Gasteiger partial charge on any atom is 0.256 e. The number of nitrogens with one attached hydrogen (secondary N) is 2. The molecule has 2 amide bonds. The van der Waals surface area contributed by atoms with Crippen LogP contribution in [-0.4, -0.2) is 41.9 Å². The van der Waals surface area contributed by atoms with Crippen molar-refractivity contribution in [2.24, 2.45) is 0 Å². The van der Waals surface area contributed by atoms with Crippen molar-refractivity contribution in [2.45, 2.75) is 37.9 Å². The van der Waals surface area contributed by atoms with E-state index in [4.69, 9.17) is 11.6 Å². The number of piperidine rings is 1. The summed E-state index contributed by atoms with van der Waals surface area (Å²) in [6.45, 7) is 2.16. The number of rotatable bonds is 3. The number of carbonyl (C=O) groups excluding carboxylic acids is 2. The number of nitrogens with zero attached hydrogens (tertiary/aromatic N) is 1. The second-order valence-corrected chi connectivity index (χ2v) is 7.86. The van der Waals surface area contributed by atoms with Gasteiger partial charge in [0.05, 0.1) is 10.6 Å². The molecule has 0 aliphatic carbocycles. The Hall–Kier alpha value is -2.08. The molecule has 2 atom stereocenters. The van der Waals surface area contributed by atoms with E-state index in [0.29, 0.717) is 23.6 Å². The van der Waals surface area contributed by atoms with Gasteiger partial charge in [0.2, 0.25) is 5.91 Å². The van der Waals surface area contributed by atoms with Crippen molar-refractivity contribution in [2.75, 3.05) is 13.1 Å². The Morgan fingerprint density at radius 1 is 1.07 bits per heavy atom. The quantitative estimate of drug-likeness (QED) is 0.780. The Kier molecular flexibility index (Phi) is 7.17. The molecule has 2 aromatic rings. The van der Waals surface area contributed by atoms with Crippen molar-refractivity contribution in [3.05, 3.63) is 70.2 Å². The first-order chi connectivity index (χ1) is 13.6. The number of fused-ring (bicyclic) bond motifs is 1. The fourth-order valence-corrected chi connectivity index (χ4v) is 4.25. The smallest absolute Gasteiger partial charge is 0.256 e. The van der Waals surface area contributed by atoms with Crippen molar-refractivity contribution < 1.29 is 9.59 Å². The van der Waals surface area contributed by atoms with Crippen LogP contribution in [0.25, 0.3) is 0 Å². The minimum atomic E-state index is -0.541. The minimum Gasteiger partial charge on any atom is -0.350 e. The Morgan fingerprint density at radius 3 is 2.52 bits per heavy atom. The summed E-state index contributed by atoms with van der Waals surface area (Å²) in [5, 5.41) is 6.86. The third kappa shape index (κ3) is 4.74. The lowest BCUT2D eigenvalue weighted by Gasteiger charge is -2.37. The zero-order chi connectivity index (χ0) is 19.5. The molecule has 154 valence electrons. The van der Waals surface area contributed by atoms with Crippen LogP contribution in [0.4, 0.5) is 0 Å². The van der Waals surface area contributed by atoms with Crippen LogP contribution in [-0.2, 0) is 17.8 Å². The maximum absolute atomic E-state index is 13.3. The third-order valence-electron chi connectivity index (χ3n) is 5.56.